The number of nitrogen functional groups attached to an aromatic ring is 1. The van der Waals surface area contributed by atoms with Crippen molar-refractivity contribution in [3.63, 3.8) is 0 Å². The average molecular weight is 170 g/mol. The molecule has 0 radical (unpaired) electrons. The van der Waals surface area contributed by atoms with Gasteiger partial charge >= 0.3 is 0 Å². The third kappa shape index (κ3) is 1.28. The molecule has 0 amide bonds. The van der Waals surface area contributed by atoms with Crippen molar-refractivity contribution in [2.75, 3.05) is 5.73 Å². The lowest BCUT2D eigenvalue weighted by Gasteiger charge is -1.98. The van der Waals surface area contributed by atoms with Gasteiger partial charge in [-0.25, -0.2) is 0 Å². The Morgan fingerprint density at radius 3 is 2.73 bits per heavy atom. The van der Waals surface area contributed by atoms with E-state index in [1.807, 2.05) is 6.07 Å². The van der Waals surface area contributed by atoms with Crippen LogP contribution in [-0.2, 0) is 0 Å². The molecule has 0 bridgehead atoms. The number of hydrogen-bond acceptors (Lipinski definition) is 3. The highest BCUT2D eigenvalue weighted by Gasteiger charge is 2.25. The van der Waals surface area contributed by atoms with E-state index in [0.29, 0.717) is 16.8 Å². The van der Waals surface area contributed by atoms with Crippen molar-refractivity contribution in [3.05, 3.63) is 16.9 Å². The van der Waals surface area contributed by atoms with E-state index in [4.69, 9.17) is 17.3 Å². The van der Waals surface area contributed by atoms with Gasteiger partial charge in [0.2, 0.25) is 0 Å². The zero-order valence-corrected chi connectivity index (χ0v) is 6.67. The normalized spacial score (nSPS) is 16.8. The van der Waals surface area contributed by atoms with Crippen molar-refractivity contribution >= 4 is 17.3 Å². The van der Waals surface area contributed by atoms with E-state index in [-0.39, 0.29) is 0 Å². The minimum absolute atomic E-state index is 0.300. The summed E-state index contributed by atoms with van der Waals surface area (Å²) in [5, 5.41) is 7.97. The van der Waals surface area contributed by atoms with Crippen LogP contribution in [0, 0.1) is 0 Å². The number of aromatic nitrogens is 2. The van der Waals surface area contributed by atoms with Gasteiger partial charge in [0.25, 0.3) is 0 Å². The standard InChI is InChI=1S/C7H8ClN3/c8-7-5(9)3-6(10-11-7)4-1-2-4/h3-4H,1-2H2,(H2,9,10). The Balaban J connectivity index is 2.36. The Hall–Kier alpha value is -0.830. The summed E-state index contributed by atoms with van der Waals surface area (Å²) in [6.45, 7) is 0. The van der Waals surface area contributed by atoms with Crippen LogP contribution in [0.4, 0.5) is 5.69 Å². The lowest BCUT2D eigenvalue weighted by Crippen LogP contribution is -1.95. The third-order valence-electron chi connectivity index (χ3n) is 1.79. The highest BCUT2D eigenvalue weighted by molar-refractivity contribution is 6.31. The van der Waals surface area contributed by atoms with Gasteiger partial charge in [0.15, 0.2) is 5.15 Å². The Morgan fingerprint density at radius 2 is 2.18 bits per heavy atom. The Morgan fingerprint density at radius 1 is 1.45 bits per heavy atom. The largest absolute Gasteiger partial charge is 0.396 e. The predicted octanol–water partition coefficient (Wildman–Crippen LogP) is 1.59. The first-order valence-electron chi connectivity index (χ1n) is 3.56. The Kier molecular flexibility index (Phi) is 1.46. The smallest absolute Gasteiger partial charge is 0.174 e. The molecule has 58 valence electrons. The highest BCUT2D eigenvalue weighted by Crippen LogP contribution is 2.39. The molecule has 0 aliphatic heterocycles. The van der Waals surface area contributed by atoms with Crippen LogP contribution in [0.3, 0.4) is 0 Å². The topological polar surface area (TPSA) is 51.8 Å². The first kappa shape index (κ1) is 6.85. The number of hydrogen-bond donors (Lipinski definition) is 1. The number of halogens is 1. The molecule has 1 aliphatic carbocycles. The maximum atomic E-state index is 5.61. The van der Waals surface area contributed by atoms with Crippen molar-refractivity contribution < 1.29 is 0 Å². The van der Waals surface area contributed by atoms with E-state index >= 15 is 0 Å². The molecule has 0 unspecified atom stereocenters. The Bertz CT molecular complexity index is 283. The third-order valence-corrected chi connectivity index (χ3v) is 2.08. The summed E-state index contributed by atoms with van der Waals surface area (Å²) in [4.78, 5) is 0. The van der Waals surface area contributed by atoms with Crippen LogP contribution in [0.1, 0.15) is 24.5 Å². The monoisotopic (exact) mass is 169 g/mol. The molecule has 0 saturated heterocycles. The molecule has 1 aliphatic rings. The molecule has 1 fully saturated rings. The Labute approximate surface area is 69.6 Å². The zero-order chi connectivity index (χ0) is 7.84. The molecule has 2 rings (SSSR count). The van der Waals surface area contributed by atoms with Crippen molar-refractivity contribution in [3.8, 4) is 0 Å². The van der Waals surface area contributed by atoms with Crippen LogP contribution in [-0.4, -0.2) is 10.2 Å². The van der Waals surface area contributed by atoms with Crippen LogP contribution in [0.5, 0.6) is 0 Å². The van der Waals surface area contributed by atoms with Crippen molar-refractivity contribution in [2.24, 2.45) is 0 Å². The van der Waals surface area contributed by atoms with Crippen molar-refractivity contribution in [2.45, 2.75) is 18.8 Å². The zero-order valence-electron chi connectivity index (χ0n) is 5.92. The molecule has 1 aromatic rings. The molecular weight excluding hydrogens is 162 g/mol. The van der Waals surface area contributed by atoms with E-state index < -0.39 is 0 Å². The van der Waals surface area contributed by atoms with E-state index in [2.05, 4.69) is 10.2 Å². The van der Waals surface area contributed by atoms with Gasteiger partial charge < -0.3 is 5.73 Å². The van der Waals surface area contributed by atoms with Gasteiger partial charge in [0.05, 0.1) is 11.4 Å². The number of anilines is 1. The molecular formula is C7H8ClN3. The molecule has 1 saturated carbocycles. The second kappa shape index (κ2) is 2.34. The molecule has 0 atom stereocenters. The summed E-state index contributed by atoms with van der Waals surface area (Å²) in [6, 6.07) is 1.81. The van der Waals surface area contributed by atoms with E-state index in [9.17, 15) is 0 Å². The highest BCUT2D eigenvalue weighted by atomic mass is 35.5. The van der Waals surface area contributed by atoms with Crippen molar-refractivity contribution in [1.29, 1.82) is 0 Å². The predicted molar refractivity (Wildman–Crippen MR) is 43.4 cm³/mol. The van der Waals surface area contributed by atoms with Crippen LogP contribution in [0.25, 0.3) is 0 Å². The quantitative estimate of drug-likeness (QED) is 0.695. The summed E-state index contributed by atoms with van der Waals surface area (Å²) in [5.74, 6) is 0.585. The molecule has 1 aromatic heterocycles. The van der Waals surface area contributed by atoms with Crippen LogP contribution >= 0.6 is 11.6 Å². The average Bonchev–Trinajstić information content (AvgIpc) is 2.77. The SMILES string of the molecule is Nc1cc(C2CC2)nnc1Cl. The van der Waals surface area contributed by atoms with E-state index in [0.717, 1.165) is 5.69 Å². The molecule has 3 nitrogen and oxygen atoms in total. The first-order chi connectivity index (χ1) is 5.27. The van der Waals surface area contributed by atoms with E-state index in [1.165, 1.54) is 12.8 Å². The molecule has 4 heteroatoms. The van der Waals surface area contributed by atoms with Crippen LogP contribution in [0.2, 0.25) is 5.15 Å². The second-order valence-electron chi connectivity index (χ2n) is 2.79. The minimum atomic E-state index is 0.300. The number of nitrogens with two attached hydrogens (primary N) is 1. The summed E-state index contributed by atoms with van der Waals surface area (Å²) >= 11 is 5.61. The van der Waals surface area contributed by atoms with Gasteiger partial charge in [-0.05, 0) is 18.9 Å². The summed E-state index contributed by atoms with van der Waals surface area (Å²) in [7, 11) is 0. The maximum absolute atomic E-state index is 5.61. The number of rotatable bonds is 1. The lowest BCUT2D eigenvalue weighted by molar-refractivity contribution is 0.913. The second-order valence-corrected chi connectivity index (χ2v) is 3.15. The summed E-state index contributed by atoms with van der Waals surface area (Å²) in [5.41, 5.74) is 7.06. The van der Waals surface area contributed by atoms with Gasteiger partial charge in [-0.1, -0.05) is 11.6 Å². The molecule has 2 N–H and O–H groups in total. The fraction of sp³-hybridized carbons (Fsp3) is 0.429. The van der Waals surface area contributed by atoms with Crippen LogP contribution in [0.15, 0.2) is 6.07 Å². The fourth-order valence-corrected chi connectivity index (χ4v) is 1.08. The molecule has 11 heavy (non-hydrogen) atoms. The van der Waals surface area contributed by atoms with Crippen molar-refractivity contribution in [1.82, 2.24) is 10.2 Å². The molecule has 1 heterocycles. The van der Waals surface area contributed by atoms with Gasteiger partial charge in [-0.3, -0.25) is 0 Å². The lowest BCUT2D eigenvalue weighted by atomic mass is 10.2. The minimum Gasteiger partial charge on any atom is -0.396 e. The van der Waals surface area contributed by atoms with Gasteiger partial charge in [0, 0.05) is 5.92 Å². The van der Waals surface area contributed by atoms with Gasteiger partial charge in [-0.15, -0.1) is 5.10 Å². The fourth-order valence-electron chi connectivity index (χ4n) is 0.986. The maximum Gasteiger partial charge on any atom is 0.174 e. The summed E-state index contributed by atoms with van der Waals surface area (Å²) in [6.07, 6.45) is 2.41. The van der Waals surface area contributed by atoms with Gasteiger partial charge in [0.1, 0.15) is 0 Å². The summed E-state index contributed by atoms with van der Waals surface area (Å²) < 4.78 is 0. The molecule has 0 spiro atoms. The van der Waals surface area contributed by atoms with Crippen LogP contribution < -0.4 is 5.73 Å². The number of nitrogens with zero attached hydrogens (tertiary/aromatic N) is 2. The first-order valence-corrected chi connectivity index (χ1v) is 3.94. The molecule has 0 aromatic carbocycles. The van der Waals surface area contributed by atoms with Gasteiger partial charge in [-0.2, -0.15) is 5.10 Å². The van der Waals surface area contributed by atoms with E-state index in [1.54, 1.807) is 0 Å².